The Morgan fingerprint density at radius 3 is 2.76 bits per heavy atom. The van der Waals surface area contributed by atoms with Crippen LogP contribution in [0.15, 0.2) is 47.3 Å². The Balaban J connectivity index is 1.71. The van der Waals surface area contributed by atoms with E-state index in [1.54, 1.807) is 6.07 Å². The molecule has 3 nitrogen and oxygen atoms in total. The summed E-state index contributed by atoms with van der Waals surface area (Å²) in [5.74, 6) is 1.14. The van der Waals surface area contributed by atoms with Gasteiger partial charge in [0.15, 0.2) is 0 Å². The molecule has 1 atom stereocenters. The molecule has 2 aromatic carbocycles. The molecule has 1 unspecified atom stereocenters. The summed E-state index contributed by atoms with van der Waals surface area (Å²) in [6, 6.07) is 12.1. The number of nitrogens with zero attached hydrogens (tertiary/aromatic N) is 2. The quantitative estimate of drug-likeness (QED) is 0.670. The van der Waals surface area contributed by atoms with E-state index in [9.17, 15) is 9.18 Å². The minimum atomic E-state index is -0.253. The summed E-state index contributed by atoms with van der Waals surface area (Å²) in [6.07, 6.45) is 5.69. The Hall–Kier alpha value is -2.75. The number of hydrogen-bond donors (Lipinski definition) is 0. The van der Waals surface area contributed by atoms with Crippen LogP contribution in [0.4, 0.5) is 4.39 Å². The van der Waals surface area contributed by atoms with E-state index in [0.717, 1.165) is 41.9 Å². The number of fused-ring (bicyclic) bond motifs is 2. The lowest BCUT2D eigenvalue weighted by Crippen LogP contribution is -2.21. The molecular formula is C21H19FN2O. The summed E-state index contributed by atoms with van der Waals surface area (Å²) in [5, 5.41) is 0.656. The summed E-state index contributed by atoms with van der Waals surface area (Å²) < 4.78 is 15.1. The third kappa shape index (κ3) is 3.00. The molecule has 0 aliphatic carbocycles. The molecule has 0 fully saturated rings. The van der Waals surface area contributed by atoms with Gasteiger partial charge in [-0.1, -0.05) is 43.7 Å². The Morgan fingerprint density at radius 2 is 2.00 bits per heavy atom. The number of aromatic nitrogens is 2. The van der Waals surface area contributed by atoms with E-state index in [1.165, 1.54) is 12.1 Å². The fourth-order valence-electron chi connectivity index (χ4n) is 3.39. The normalized spacial score (nSPS) is 16.6. The highest BCUT2D eigenvalue weighted by Crippen LogP contribution is 2.22. The smallest absolute Gasteiger partial charge is 0.261 e. The average Bonchev–Trinajstić information content (AvgIpc) is 3.03. The van der Waals surface area contributed by atoms with E-state index in [4.69, 9.17) is 4.98 Å². The fourth-order valence-corrected chi connectivity index (χ4v) is 3.39. The van der Waals surface area contributed by atoms with Crippen LogP contribution >= 0.6 is 0 Å². The van der Waals surface area contributed by atoms with Crippen LogP contribution < -0.4 is 5.56 Å². The van der Waals surface area contributed by atoms with E-state index in [1.807, 2.05) is 41.0 Å². The van der Waals surface area contributed by atoms with Crippen LogP contribution in [0, 0.1) is 11.7 Å². The summed E-state index contributed by atoms with van der Waals surface area (Å²) in [6.45, 7) is 2.92. The minimum absolute atomic E-state index is 0.0524. The maximum absolute atomic E-state index is 13.3. The van der Waals surface area contributed by atoms with Gasteiger partial charge in [0.05, 0.1) is 10.9 Å². The second-order valence-electron chi connectivity index (χ2n) is 6.59. The molecule has 0 amide bonds. The fraction of sp³-hybridized carbons (Fsp3) is 0.238. The van der Waals surface area contributed by atoms with E-state index in [0.29, 0.717) is 11.3 Å². The van der Waals surface area contributed by atoms with Gasteiger partial charge < -0.3 is 0 Å². The first-order valence-corrected chi connectivity index (χ1v) is 8.61. The van der Waals surface area contributed by atoms with Gasteiger partial charge in [0.25, 0.3) is 5.56 Å². The van der Waals surface area contributed by atoms with E-state index in [-0.39, 0.29) is 11.4 Å². The van der Waals surface area contributed by atoms with Crippen molar-refractivity contribution in [1.82, 2.24) is 9.55 Å². The third-order valence-electron chi connectivity index (χ3n) is 4.86. The molecule has 1 aromatic heterocycles. The number of hydrogen-bond acceptors (Lipinski definition) is 2. The van der Waals surface area contributed by atoms with Crippen LogP contribution in [0.5, 0.6) is 0 Å². The molecule has 4 heteroatoms. The molecule has 25 heavy (non-hydrogen) atoms. The molecule has 0 N–H and O–H groups in total. The zero-order valence-corrected chi connectivity index (χ0v) is 14.1. The summed E-state index contributed by atoms with van der Waals surface area (Å²) in [4.78, 5) is 17.4. The van der Waals surface area contributed by atoms with Gasteiger partial charge in [0.2, 0.25) is 0 Å². The molecule has 0 spiro atoms. The third-order valence-corrected chi connectivity index (χ3v) is 4.86. The van der Waals surface area contributed by atoms with Gasteiger partial charge in [-0.3, -0.25) is 9.36 Å². The molecule has 2 heterocycles. The predicted molar refractivity (Wildman–Crippen MR) is 98.8 cm³/mol. The lowest BCUT2D eigenvalue weighted by molar-refractivity contribution is 0.494. The van der Waals surface area contributed by atoms with Crippen molar-refractivity contribution in [2.24, 2.45) is 5.92 Å². The van der Waals surface area contributed by atoms with Gasteiger partial charge in [0, 0.05) is 13.0 Å². The summed E-state index contributed by atoms with van der Waals surface area (Å²) in [7, 11) is 0. The highest BCUT2D eigenvalue weighted by molar-refractivity contribution is 5.82. The van der Waals surface area contributed by atoms with Crippen LogP contribution in [-0.2, 0) is 13.0 Å². The second kappa shape index (κ2) is 6.28. The molecule has 4 rings (SSSR count). The van der Waals surface area contributed by atoms with Crippen molar-refractivity contribution in [3.05, 3.63) is 75.6 Å². The lowest BCUT2D eigenvalue weighted by atomic mass is 10.1. The minimum Gasteiger partial charge on any atom is -0.296 e. The number of rotatable bonds is 3. The molecule has 0 saturated carbocycles. The van der Waals surface area contributed by atoms with Crippen molar-refractivity contribution < 1.29 is 4.39 Å². The first-order valence-electron chi connectivity index (χ1n) is 8.61. The molecule has 0 radical (unpaired) electrons. The summed E-state index contributed by atoms with van der Waals surface area (Å²) >= 11 is 0. The van der Waals surface area contributed by atoms with Gasteiger partial charge in [-0.25, -0.2) is 9.37 Å². The van der Waals surface area contributed by atoms with E-state index < -0.39 is 0 Å². The largest absolute Gasteiger partial charge is 0.296 e. The van der Waals surface area contributed by atoms with Crippen molar-refractivity contribution >= 4 is 23.1 Å². The average molecular weight is 334 g/mol. The Bertz CT molecular complexity index is 1040. The van der Waals surface area contributed by atoms with E-state index >= 15 is 0 Å². The molecule has 3 aromatic rings. The van der Waals surface area contributed by atoms with Crippen LogP contribution in [0.1, 0.15) is 30.3 Å². The van der Waals surface area contributed by atoms with Crippen molar-refractivity contribution in [1.29, 1.82) is 0 Å². The van der Waals surface area contributed by atoms with Crippen LogP contribution in [-0.4, -0.2) is 9.55 Å². The topological polar surface area (TPSA) is 34.9 Å². The van der Waals surface area contributed by atoms with Gasteiger partial charge >= 0.3 is 0 Å². The second-order valence-corrected chi connectivity index (χ2v) is 6.59. The standard InChI is InChI=1S/C21H19FN2O/c1-2-14-12-20-23-19-11-16(7-6-15-4-3-5-17(22)10-15)8-9-18(19)21(25)24(20)13-14/h3-11,14H,2,12-13H2,1H3/b7-6+. The lowest BCUT2D eigenvalue weighted by Gasteiger charge is -2.05. The van der Waals surface area contributed by atoms with Crippen molar-refractivity contribution in [3.63, 3.8) is 0 Å². The molecular weight excluding hydrogens is 315 g/mol. The highest BCUT2D eigenvalue weighted by Gasteiger charge is 2.23. The number of halogens is 1. The van der Waals surface area contributed by atoms with Crippen LogP contribution in [0.3, 0.4) is 0 Å². The number of benzene rings is 2. The van der Waals surface area contributed by atoms with Crippen LogP contribution in [0.25, 0.3) is 23.1 Å². The zero-order chi connectivity index (χ0) is 17.4. The monoisotopic (exact) mass is 334 g/mol. The Kier molecular flexibility index (Phi) is 3.96. The molecule has 1 aliphatic rings. The molecule has 0 bridgehead atoms. The van der Waals surface area contributed by atoms with Gasteiger partial charge in [0.1, 0.15) is 11.6 Å². The zero-order valence-electron chi connectivity index (χ0n) is 14.1. The highest BCUT2D eigenvalue weighted by atomic mass is 19.1. The molecule has 1 aliphatic heterocycles. The summed E-state index contributed by atoms with van der Waals surface area (Å²) in [5.41, 5.74) is 2.53. The van der Waals surface area contributed by atoms with Gasteiger partial charge in [-0.2, -0.15) is 0 Å². The van der Waals surface area contributed by atoms with E-state index in [2.05, 4.69) is 6.92 Å². The maximum atomic E-state index is 13.3. The van der Waals surface area contributed by atoms with Gasteiger partial charge in [-0.15, -0.1) is 0 Å². The predicted octanol–water partition coefficient (Wildman–Crippen LogP) is 4.29. The molecule has 126 valence electrons. The Morgan fingerprint density at radius 1 is 1.20 bits per heavy atom. The SMILES string of the molecule is CCC1Cc2nc3cc(/C=C/c4cccc(F)c4)ccc3c(=O)n2C1. The van der Waals surface area contributed by atoms with Crippen molar-refractivity contribution in [2.45, 2.75) is 26.3 Å². The van der Waals surface area contributed by atoms with Crippen LogP contribution in [0.2, 0.25) is 0 Å². The van der Waals surface area contributed by atoms with Crippen molar-refractivity contribution in [2.75, 3.05) is 0 Å². The Labute approximate surface area is 145 Å². The van der Waals surface area contributed by atoms with Gasteiger partial charge in [-0.05, 0) is 41.3 Å². The molecule has 0 saturated heterocycles. The first kappa shape index (κ1) is 15.8. The van der Waals surface area contributed by atoms with Crippen molar-refractivity contribution in [3.8, 4) is 0 Å². The first-order chi connectivity index (χ1) is 12.1. The maximum Gasteiger partial charge on any atom is 0.261 e.